The lowest BCUT2D eigenvalue weighted by molar-refractivity contribution is -0.123. The second kappa shape index (κ2) is 7.51. The van der Waals surface area contributed by atoms with Gasteiger partial charge in [0, 0.05) is 6.54 Å². The van der Waals surface area contributed by atoms with Crippen molar-refractivity contribution in [1.82, 2.24) is 15.3 Å². The van der Waals surface area contributed by atoms with Crippen LogP contribution in [0.5, 0.6) is 5.88 Å². The van der Waals surface area contributed by atoms with Crippen LogP contribution in [-0.2, 0) is 4.79 Å². The number of halogens is 2. The summed E-state index contributed by atoms with van der Waals surface area (Å²) in [6.07, 6.45) is 7.60. The Kier molecular flexibility index (Phi) is 5.38. The Morgan fingerprint density at radius 3 is 2.75 bits per heavy atom. The standard InChI is InChI=1S/C16H21ClFN3O3/c17-14-13(18)15(21-16(23)20-14)24-8-12(22)19-7-11-5-9-2-1-3-10(4-9)6-11/h9-11H,1-8H2,(H,19,22)(H,20,21,23). The second-order valence-corrected chi connectivity index (χ2v) is 7.18. The minimum atomic E-state index is -0.982. The van der Waals surface area contributed by atoms with Crippen molar-refractivity contribution in [1.29, 1.82) is 0 Å². The molecule has 132 valence electrons. The predicted octanol–water partition coefficient (Wildman–Crippen LogP) is 2.27. The Morgan fingerprint density at radius 1 is 1.33 bits per heavy atom. The van der Waals surface area contributed by atoms with E-state index in [1.54, 1.807) is 0 Å². The van der Waals surface area contributed by atoms with E-state index in [0.717, 1.165) is 24.7 Å². The fraction of sp³-hybridized carbons (Fsp3) is 0.688. The van der Waals surface area contributed by atoms with Gasteiger partial charge in [-0.3, -0.25) is 9.78 Å². The minimum Gasteiger partial charge on any atom is -0.465 e. The highest BCUT2D eigenvalue weighted by atomic mass is 35.5. The topological polar surface area (TPSA) is 84.1 Å². The Balaban J connectivity index is 1.46. The number of fused-ring (bicyclic) bond motifs is 2. The van der Waals surface area contributed by atoms with Crippen LogP contribution >= 0.6 is 11.6 Å². The largest absolute Gasteiger partial charge is 0.465 e. The third-order valence-corrected chi connectivity index (χ3v) is 5.21. The quantitative estimate of drug-likeness (QED) is 0.792. The van der Waals surface area contributed by atoms with E-state index in [1.807, 2.05) is 4.98 Å². The summed E-state index contributed by atoms with van der Waals surface area (Å²) in [7, 11) is 0. The fourth-order valence-corrected chi connectivity index (χ4v) is 4.15. The SMILES string of the molecule is O=C(COc1nc(=O)[nH]c(Cl)c1F)NCC1CC2CCCC(C2)C1. The first-order chi connectivity index (χ1) is 11.5. The van der Waals surface area contributed by atoms with Crippen LogP contribution in [0.2, 0.25) is 5.15 Å². The number of aromatic amines is 1. The first-order valence-electron chi connectivity index (χ1n) is 8.36. The summed E-state index contributed by atoms with van der Waals surface area (Å²) in [6.45, 7) is 0.213. The van der Waals surface area contributed by atoms with Gasteiger partial charge in [-0.05, 0) is 37.0 Å². The average molecular weight is 358 g/mol. The molecule has 1 aromatic heterocycles. The Bertz CT molecular complexity index is 654. The lowest BCUT2D eigenvalue weighted by atomic mass is 9.68. The van der Waals surface area contributed by atoms with Gasteiger partial charge in [0.1, 0.15) is 0 Å². The molecule has 0 aromatic carbocycles. The van der Waals surface area contributed by atoms with Crippen LogP contribution in [0.15, 0.2) is 4.79 Å². The summed E-state index contributed by atoms with van der Waals surface area (Å²) in [5, 5.41) is 2.34. The normalized spacial score (nSPS) is 26.0. The van der Waals surface area contributed by atoms with Crippen LogP contribution in [0, 0.1) is 23.6 Å². The number of aromatic nitrogens is 2. The van der Waals surface area contributed by atoms with Crippen molar-refractivity contribution in [2.24, 2.45) is 17.8 Å². The predicted molar refractivity (Wildman–Crippen MR) is 86.5 cm³/mol. The molecule has 24 heavy (non-hydrogen) atoms. The van der Waals surface area contributed by atoms with Crippen molar-refractivity contribution < 1.29 is 13.9 Å². The molecule has 3 rings (SSSR count). The molecule has 2 aliphatic rings. The molecule has 2 fully saturated rings. The molecular weight excluding hydrogens is 337 g/mol. The van der Waals surface area contributed by atoms with Crippen molar-refractivity contribution in [3.05, 3.63) is 21.5 Å². The van der Waals surface area contributed by atoms with Gasteiger partial charge in [0.15, 0.2) is 11.8 Å². The highest BCUT2D eigenvalue weighted by Gasteiger charge is 2.31. The molecule has 2 unspecified atom stereocenters. The summed E-state index contributed by atoms with van der Waals surface area (Å²) in [4.78, 5) is 28.3. The number of H-pyrrole nitrogens is 1. The number of hydrogen-bond acceptors (Lipinski definition) is 4. The second-order valence-electron chi connectivity index (χ2n) is 6.80. The van der Waals surface area contributed by atoms with Crippen LogP contribution < -0.4 is 15.7 Å². The Morgan fingerprint density at radius 2 is 2.04 bits per heavy atom. The smallest absolute Gasteiger partial charge is 0.349 e. The van der Waals surface area contributed by atoms with Gasteiger partial charge in [-0.15, -0.1) is 0 Å². The fourth-order valence-electron chi connectivity index (χ4n) is 3.99. The van der Waals surface area contributed by atoms with E-state index in [9.17, 15) is 14.0 Å². The third kappa shape index (κ3) is 4.26. The molecule has 0 radical (unpaired) electrons. The van der Waals surface area contributed by atoms with Crippen LogP contribution in [-0.4, -0.2) is 29.0 Å². The van der Waals surface area contributed by atoms with Crippen molar-refractivity contribution in [3.63, 3.8) is 0 Å². The zero-order valence-electron chi connectivity index (χ0n) is 13.3. The van der Waals surface area contributed by atoms with E-state index in [4.69, 9.17) is 16.3 Å². The molecule has 2 saturated carbocycles. The van der Waals surface area contributed by atoms with Crippen LogP contribution in [0.3, 0.4) is 0 Å². The molecule has 0 aliphatic heterocycles. The Hall–Kier alpha value is -1.63. The highest BCUT2D eigenvalue weighted by molar-refractivity contribution is 6.29. The van der Waals surface area contributed by atoms with Crippen molar-refractivity contribution in [2.75, 3.05) is 13.2 Å². The van der Waals surface area contributed by atoms with E-state index in [0.29, 0.717) is 12.5 Å². The van der Waals surface area contributed by atoms with E-state index < -0.39 is 29.1 Å². The number of hydrogen-bond donors (Lipinski definition) is 2. The zero-order valence-corrected chi connectivity index (χ0v) is 14.1. The van der Waals surface area contributed by atoms with Gasteiger partial charge >= 0.3 is 5.69 Å². The van der Waals surface area contributed by atoms with Crippen molar-refractivity contribution in [3.8, 4) is 5.88 Å². The summed E-state index contributed by atoms with van der Waals surface area (Å²) >= 11 is 5.49. The van der Waals surface area contributed by atoms with Gasteiger partial charge in [0.25, 0.3) is 11.8 Å². The summed E-state index contributed by atoms with van der Waals surface area (Å²) in [6, 6.07) is 0. The number of nitrogens with one attached hydrogen (secondary N) is 2. The molecule has 2 aliphatic carbocycles. The van der Waals surface area contributed by atoms with Crippen molar-refractivity contribution >= 4 is 17.5 Å². The molecule has 2 N–H and O–H groups in total. The maximum atomic E-state index is 13.6. The molecular formula is C16H21ClFN3O3. The molecule has 1 amide bonds. The van der Waals surface area contributed by atoms with Gasteiger partial charge in [-0.25, -0.2) is 4.79 Å². The van der Waals surface area contributed by atoms with E-state index >= 15 is 0 Å². The molecule has 1 aromatic rings. The molecule has 8 heteroatoms. The summed E-state index contributed by atoms with van der Waals surface area (Å²) in [5.74, 6) is 0.194. The molecule has 6 nitrogen and oxygen atoms in total. The number of amides is 1. The minimum absolute atomic E-state index is 0.358. The van der Waals surface area contributed by atoms with E-state index in [-0.39, 0.29) is 5.91 Å². The number of ether oxygens (including phenoxy) is 1. The lowest BCUT2D eigenvalue weighted by Crippen LogP contribution is -2.37. The maximum absolute atomic E-state index is 13.6. The monoisotopic (exact) mass is 357 g/mol. The number of carbonyl (C=O) groups is 1. The van der Waals surface area contributed by atoms with Crippen LogP contribution in [0.25, 0.3) is 0 Å². The number of carbonyl (C=O) groups excluding carboxylic acids is 1. The van der Waals surface area contributed by atoms with Gasteiger partial charge in [-0.1, -0.05) is 30.9 Å². The molecule has 0 saturated heterocycles. The molecule has 2 bridgehead atoms. The van der Waals surface area contributed by atoms with E-state index in [1.165, 1.54) is 25.7 Å². The van der Waals surface area contributed by atoms with Gasteiger partial charge in [0.2, 0.25) is 5.82 Å². The number of nitrogens with zero attached hydrogens (tertiary/aromatic N) is 1. The summed E-state index contributed by atoms with van der Waals surface area (Å²) in [5.41, 5.74) is -0.828. The summed E-state index contributed by atoms with van der Waals surface area (Å²) < 4.78 is 18.6. The van der Waals surface area contributed by atoms with Crippen molar-refractivity contribution in [2.45, 2.75) is 38.5 Å². The average Bonchev–Trinajstić information content (AvgIpc) is 2.54. The highest BCUT2D eigenvalue weighted by Crippen LogP contribution is 2.42. The molecule has 1 heterocycles. The van der Waals surface area contributed by atoms with Crippen LogP contribution in [0.4, 0.5) is 4.39 Å². The van der Waals surface area contributed by atoms with Gasteiger partial charge in [-0.2, -0.15) is 9.37 Å². The molecule has 0 spiro atoms. The maximum Gasteiger partial charge on any atom is 0.349 e. The molecule has 2 atom stereocenters. The van der Waals surface area contributed by atoms with Gasteiger partial charge < -0.3 is 10.1 Å². The Labute approximate surface area is 144 Å². The first kappa shape index (κ1) is 17.2. The number of rotatable bonds is 5. The first-order valence-corrected chi connectivity index (χ1v) is 8.74. The van der Waals surface area contributed by atoms with Gasteiger partial charge in [0.05, 0.1) is 0 Å². The zero-order chi connectivity index (χ0) is 17.1. The lowest BCUT2D eigenvalue weighted by Gasteiger charge is -2.39. The third-order valence-electron chi connectivity index (χ3n) is 4.95. The van der Waals surface area contributed by atoms with E-state index in [2.05, 4.69) is 10.3 Å². The van der Waals surface area contributed by atoms with Crippen LogP contribution in [0.1, 0.15) is 38.5 Å².